The normalized spacial score (nSPS) is 10.4. The summed E-state index contributed by atoms with van der Waals surface area (Å²) < 4.78 is 0.990. The summed E-state index contributed by atoms with van der Waals surface area (Å²) in [6, 6.07) is 18.1. The van der Waals surface area contributed by atoms with Gasteiger partial charge in [0.25, 0.3) is 5.91 Å². The third-order valence-electron chi connectivity index (χ3n) is 3.71. The molecule has 3 aromatic rings. The van der Waals surface area contributed by atoms with E-state index in [0.29, 0.717) is 16.2 Å². The Morgan fingerprint density at radius 1 is 1.07 bits per heavy atom. The van der Waals surface area contributed by atoms with Crippen LogP contribution in [0.2, 0.25) is 0 Å². The molecule has 136 valence electrons. The highest BCUT2D eigenvalue weighted by molar-refractivity contribution is 9.10. The molecule has 1 aromatic heterocycles. The van der Waals surface area contributed by atoms with E-state index in [0.717, 1.165) is 14.9 Å². The number of aromatic nitrogens is 1. The number of amides is 2. The summed E-state index contributed by atoms with van der Waals surface area (Å²) in [5, 5.41) is 3.49. The Balaban J connectivity index is 1.72. The Hall–Kier alpha value is -2.64. The van der Waals surface area contributed by atoms with Crippen molar-refractivity contribution in [1.29, 1.82) is 0 Å². The fourth-order valence-electron chi connectivity index (χ4n) is 2.37. The lowest BCUT2D eigenvalue weighted by molar-refractivity contribution is 0.0946. The number of carbonyl (C=O) groups is 2. The number of nitrogens with one attached hydrogen (secondary N) is 1. The summed E-state index contributed by atoms with van der Waals surface area (Å²) in [6.45, 7) is 0.289. The van der Waals surface area contributed by atoms with Crippen molar-refractivity contribution in [1.82, 2.24) is 10.3 Å². The van der Waals surface area contributed by atoms with E-state index in [9.17, 15) is 9.59 Å². The zero-order valence-corrected chi connectivity index (χ0v) is 16.6. The number of nitrogens with two attached hydrogens (primary N) is 1. The molecule has 0 radical (unpaired) electrons. The summed E-state index contributed by atoms with van der Waals surface area (Å²) in [5.41, 5.74) is 7.00. The van der Waals surface area contributed by atoms with Crippen LogP contribution >= 0.6 is 27.7 Å². The van der Waals surface area contributed by atoms with E-state index < -0.39 is 5.91 Å². The number of halogens is 1. The average molecular weight is 442 g/mol. The SMILES string of the molecule is NC(=O)c1cccc(CNC(=O)c2cccnc2Sc2ccc(Br)cc2)c1. The van der Waals surface area contributed by atoms with Gasteiger partial charge in [-0.2, -0.15) is 0 Å². The Morgan fingerprint density at radius 3 is 2.59 bits per heavy atom. The quantitative estimate of drug-likeness (QED) is 0.604. The maximum atomic E-state index is 12.6. The van der Waals surface area contributed by atoms with Gasteiger partial charge in [0.15, 0.2) is 0 Å². The number of hydrogen-bond acceptors (Lipinski definition) is 4. The van der Waals surface area contributed by atoms with Gasteiger partial charge in [-0.3, -0.25) is 9.59 Å². The Morgan fingerprint density at radius 2 is 1.85 bits per heavy atom. The smallest absolute Gasteiger partial charge is 0.254 e. The van der Waals surface area contributed by atoms with E-state index >= 15 is 0 Å². The topological polar surface area (TPSA) is 85.1 Å². The second-order valence-corrected chi connectivity index (χ2v) is 7.64. The molecule has 7 heteroatoms. The lowest BCUT2D eigenvalue weighted by Crippen LogP contribution is -2.24. The van der Waals surface area contributed by atoms with Crippen LogP contribution < -0.4 is 11.1 Å². The van der Waals surface area contributed by atoms with Crippen LogP contribution in [0.15, 0.2) is 81.3 Å². The van der Waals surface area contributed by atoms with Gasteiger partial charge in [0, 0.05) is 27.7 Å². The predicted molar refractivity (Wildman–Crippen MR) is 109 cm³/mol. The van der Waals surface area contributed by atoms with Crippen molar-refractivity contribution >= 4 is 39.5 Å². The monoisotopic (exact) mass is 441 g/mol. The second-order valence-electron chi connectivity index (χ2n) is 5.66. The van der Waals surface area contributed by atoms with Gasteiger partial charge in [-0.05, 0) is 54.1 Å². The van der Waals surface area contributed by atoms with Crippen LogP contribution in [0.5, 0.6) is 0 Å². The minimum atomic E-state index is -0.497. The highest BCUT2D eigenvalue weighted by atomic mass is 79.9. The van der Waals surface area contributed by atoms with Crippen LogP contribution in [0.4, 0.5) is 0 Å². The first-order valence-electron chi connectivity index (χ1n) is 8.08. The van der Waals surface area contributed by atoms with Gasteiger partial charge >= 0.3 is 0 Å². The highest BCUT2D eigenvalue weighted by Crippen LogP contribution is 2.29. The van der Waals surface area contributed by atoms with Gasteiger partial charge in [-0.25, -0.2) is 4.98 Å². The molecular formula is C20H16BrN3O2S. The molecule has 0 unspecified atom stereocenters. The van der Waals surface area contributed by atoms with E-state index in [1.54, 1.807) is 36.5 Å². The molecule has 1 heterocycles. The minimum Gasteiger partial charge on any atom is -0.366 e. The molecule has 0 aliphatic heterocycles. The van der Waals surface area contributed by atoms with Crippen molar-refractivity contribution in [3.8, 4) is 0 Å². The molecule has 0 saturated carbocycles. The van der Waals surface area contributed by atoms with E-state index in [1.807, 2.05) is 30.3 Å². The fourth-order valence-corrected chi connectivity index (χ4v) is 3.52. The van der Waals surface area contributed by atoms with Crippen molar-refractivity contribution < 1.29 is 9.59 Å². The zero-order chi connectivity index (χ0) is 19.2. The van der Waals surface area contributed by atoms with E-state index in [1.165, 1.54) is 11.8 Å². The molecule has 27 heavy (non-hydrogen) atoms. The van der Waals surface area contributed by atoms with Crippen LogP contribution in [0, 0.1) is 0 Å². The summed E-state index contributed by atoms with van der Waals surface area (Å²) in [6.07, 6.45) is 1.66. The van der Waals surface area contributed by atoms with Crippen molar-refractivity contribution in [2.24, 2.45) is 5.73 Å². The number of nitrogens with zero attached hydrogens (tertiary/aromatic N) is 1. The molecular weight excluding hydrogens is 426 g/mol. The zero-order valence-electron chi connectivity index (χ0n) is 14.2. The van der Waals surface area contributed by atoms with Crippen LogP contribution in [0.1, 0.15) is 26.3 Å². The first-order chi connectivity index (χ1) is 13.0. The number of primary amides is 1. The number of benzene rings is 2. The molecule has 2 aromatic carbocycles. The minimum absolute atomic E-state index is 0.229. The average Bonchev–Trinajstić information content (AvgIpc) is 2.68. The van der Waals surface area contributed by atoms with Crippen LogP contribution in [-0.2, 0) is 6.54 Å². The summed E-state index contributed by atoms with van der Waals surface area (Å²) >= 11 is 4.83. The molecule has 0 bridgehead atoms. The number of rotatable bonds is 6. The van der Waals surface area contributed by atoms with E-state index in [4.69, 9.17) is 5.73 Å². The van der Waals surface area contributed by atoms with Gasteiger partial charge in [-0.1, -0.05) is 39.8 Å². The highest BCUT2D eigenvalue weighted by Gasteiger charge is 2.13. The molecule has 3 N–H and O–H groups in total. The molecule has 0 aliphatic rings. The van der Waals surface area contributed by atoms with Crippen molar-refractivity contribution in [2.75, 3.05) is 0 Å². The van der Waals surface area contributed by atoms with E-state index in [-0.39, 0.29) is 12.5 Å². The van der Waals surface area contributed by atoms with E-state index in [2.05, 4.69) is 26.2 Å². The molecule has 0 atom stereocenters. The summed E-state index contributed by atoms with van der Waals surface area (Å²) in [7, 11) is 0. The standard InChI is InChI=1S/C20H16BrN3O2S/c21-15-6-8-16(9-7-15)27-20-17(5-2-10-23-20)19(26)24-12-13-3-1-4-14(11-13)18(22)25/h1-11H,12H2,(H2,22,25)(H,24,26). The predicted octanol–water partition coefficient (Wildman–Crippen LogP) is 4.02. The fraction of sp³-hybridized carbons (Fsp3) is 0.0500. The lowest BCUT2D eigenvalue weighted by atomic mass is 10.1. The van der Waals surface area contributed by atoms with Gasteiger partial charge < -0.3 is 11.1 Å². The van der Waals surface area contributed by atoms with Crippen molar-refractivity contribution in [3.63, 3.8) is 0 Å². The molecule has 0 aliphatic carbocycles. The third-order valence-corrected chi connectivity index (χ3v) is 5.26. The van der Waals surface area contributed by atoms with Crippen molar-refractivity contribution in [3.05, 3.63) is 88.0 Å². The van der Waals surface area contributed by atoms with Crippen molar-refractivity contribution in [2.45, 2.75) is 16.5 Å². The van der Waals surface area contributed by atoms with Gasteiger partial charge in [0.2, 0.25) is 5.91 Å². The summed E-state index contributed by atoms with van der Waals surface area (Å²) in [5.74, 6) is -0.726. The second kappa shape index (κ2) is 8.83. The molecule has 0 saturated heterocycles. The lowest BCUT2D eigenvalue weighted by Gasteiger charge is -2.10. The van der Waals surface area contributed by atoms with Crippen LogP contribution in [0.25, 0.3) is 0 Å². The Labute approximate surface area is 169 Å². The van der Waals surface area contributed by atoms with Gasteiger partial charge in [-0.15, -0.1) is 0 Å². The third kappa shape index (κ3) is 5.18. The maximum absolute atomic E-state index is 12.6. The Kier molecular flexibility index (Phi) is 6.26. The molecule has 5 nitrogen and oxygen atoms in total. The molecule has 0 spiro atoms. The maximum Gasteiger partial charge on any atom is 0.254 e. The summed E-state index contributed by atoms with van der Waals surface area (Å²) in [4.78, 5) is 29.2. The van der Waals surface area contributed by atoms with Gasteiger partial charge in [0.05, 0.1) is 5.56 Å². The first kappa shape index (κ1) is 19.1. The largest absolute Gasteiger partial charge is 0.366 e. The molecule has 0 fully saturated rings. The first-order valence-corrected chi connectivity index (χ1v) is 9.69. The molecule has 2 amide bonds. The van der Waals surface area contributed by atoms with Crippen LogP contribution in [0.3, 0.4) is 0 Å². The number of hydrogen-bond donors (Lipinski definition) is 2. The van der Waals surface area contributed by atoms with Gasteiger partial charge in [0.1, 0.15) is 5.03 Å². The van der Waals surface area contributed by atoms with Crippen LogP contribution in [-0.4, -0.2) is 16.8 Å². The Bertz CT molecular complexity index is 977. The number of carbonyl (C=O) groups excluding carboxylic acids is 2. The molecule has 3 rings (SSSR count). The number of pyridine rings is 1.